The Morgan fingerprint density at radius 3 is 2.61 bits per heavy atom. The van der Waals surface area contributed by atoms with Crippen LogP contribution in [-0.4, -0.2) is 29.2 Å². The van der Waals surface area contributed by atoms with Crippen LogP contribution < -0.4 is 0 Å². The first kappa shape index (κ1) is 17.1. The van der Waals surface area contributed by atoms with E-state index in [9.17, 15) is 14.9 Å². The zero-order valence-corrected chi connectivity index (χ0v) is 13.6. The lowest BCUT2D eigenvalue weighted by Gasteiger charge is -2.06. The number of nitro groups is 1. The molecule has 0 bridgehead atoms. The van der Waals surface area contributed by atoms with Crippen molar-refractivity contribution in [1.29, 1.82) is 0 Å². The summed E-state index contributed by atoms with van der Waals surface area (Å²) in [6.45, 7) is 6.32. The zero-order valence-electron chi connectivity index (χ0n) is 13.6. The van der Waals surface area contributed by atoms with Crippen LogP contribution in [0.25, 0.3) is 0 Å². The van der Waals surface area contributed by atoms with Crippen molar-refractivity contribution in [3.05, 3.63) is 51.6 Å². The standard InChI is InChI=1S/C17H21NO5/c1-12(2)5-4-10-17(3)15(23-17)11-22-16(19)13-6-8-14(9-7-13)18(20)21/h5-9,15H,4,10-11H2,1-3H3/t15-,17+/m1/s1. The van der Waals surface area contributed by atoms with E-state index in [-0.39, 0.29) is 24.0 Å². The van der Waals surface area contributed by atoms with E-state index in [1.54, 1.807) is 0 Å². The molecule has 1 heterocycles. The third kappa shape index (κ3) is 4.63. The molecule has 1 aromatic carbocycles. The fourth-order valence-electron chi connectivity index (χ4n) is 2.32. The Labute approximate surface area is 135 Å². The Bertz CT molecular complexity index is 618. The van der Waals surface area contributed by atoms with E-state index >= 15 is 0 Å². The van der Waals surface area contributed by atoms with Crippen LogP contribution >= 0.6 is 0 Å². The molecule has 124 valence electrons. The van der Waals surface area contributed by atoms with Gasteiger partial charge >= 0.3 is 5.97 Å². The van der Waals surface area contributed by atoms with Crippen molar-refractivity contribution in [3.63, 3.8) is 0 Å². The van der Waals surface area contributed by atoms with E-state index in [0.29, 0.717) is 5.56 Å². The van der Waals surface area contributed by atoms with Crippen molar-refractivity contribution < 1.29 is 19.2 Å². The molecule has 6 nitrogen and oxygen atoms in total. The highest BCUT2D eigenvalue weighted by Crippen LogP contribution is 2.40. The number of carbonyl (C=O) groups is 1. The summed E-state index contributed by atoms with van der Waals surface area (Å²) in [6.07, 6.45) is 3.89. The minimum atomic E-state index is -0.509. The first-order valence-electron chi connectivity index (χ1n) is 7.54. The fraction of sp³-hybridized carbons (Fsp3) is 0.471. The number of non-ortho nitro benzene ring substituents is 1. The number of esters is 1. The normalized spacial score (nSPS) is 22.3. The summed E-state index contributed by atoms with van der Waals surface area (Å²) in [6, 6.07) is 5.35. The molecule has 0 aliphatic carbocycles. The molecule has 2 atom stereocenters. The van der Waals surface area contributed by atoms with Crippen molar-refractivity contribution in [2.24, 2.45) is 0 Å². The van der Waals surface area contributed by atoms with Crippen LogP contribution in [0.5, 0.6) is 0 Å². The molecule has 1 aliphatic rings. The number of nitro benzene ring substituents is 1. The monoisotopic (exact) mass is 319 g/mol. The number of benzene rings is 1. The van der Waals surface area contributed by atoms with E-state index in [4.69, 9.17) is 9.47 Å². The van der Waals surface area contributed by atoms with Crippen LogP contribution in [0.2, 0.25) is 0 Å². The first-order chi connectivity index (χ1) is 10.8. The molecule has 1 saturated heterocycles. The summed E-state index contributed by atoms with van der Waals surface area (Å²) in [5.74, 6) is -0.498. The maximum Gasteiger partial charge on any atom is 0.338 e. The molecule has 23 heavy (non-hydrogen) atoms. The van der Waals surface area contributed by atoms with Gasteiger partial charge in [0.25, 0.3) is 5.69 Å². The number of ether oxygens (including phenoxy) is 2. The number of hydrogen-bond donors (Lipinski definition) is 0. The van der Waals surface area contributed by atoms with E-state index in [1.807, 2.05) is 6.92 Å². The quantitative estimate of drug-likeness (QED) is 0.252. The molecular weight excluding hydrogens is 298 g/mol. The zero-order chi connectivity index (χ0) is 17.0. The smallest absolute Gasteiger partial charge is 0.338 e. The van der Waals surface area contributed by atoms with Gasteiger partial charge in [0.2, 0.25) is 0 Å². The molecule has 0 aromatic heterocycles. The second kappa shape index (κ2) is 6.91. The summed E-state index contributed by atoms with van der Waals surface area (Å²) in [4.78, 5) is 22.0. The average molecular weight is 319 g/mol. The first-order valence-corrected chi connectivity index (χ1v) is 7.54. The van der Waals surface area contributed by atoms with Crippen LogP contribution in [0.1, 0.15) is 44.0 Å². The maximum absolute atomic E-state index is 11.9. The van der Waals surface area contributed by atoms with Gasteiger partial charge in [-0.05, 0) is 45.7 Å². The second-order valence-electron chi connectivity index (χ2n) is 6.14. The summed E-state index contributed by atoms with van der Waals surface area (Å²) >= 11 is 0. The molecule has 1 aromatic rings. The van der Waals surface area contributed by atoms with E-state index < -0.39 is 10.9 Å². The molecule has 0 radical (unpaired) electrons. The van der Waals surface area contributed by atoms with Crippen LogP contribution in [0.3, 0.4) is 0 Å². The van der Waals surface area contributed by atoms with Gasteiger partial charge in [-0.2, -0.15) is 0 Å². The van der Waals surface area contributed by atoms with Crippen molar-refractivity contribution >= 4 is 11.7 Å². The van der Waals surface area contributed by atoms with E-state index in [0.717, 1.165) is 12.8 Å². The predicted molar refractivity (Wildman–Crippen MR) is 85.3 cm³/mol. The van der Waals surface area contributed by atoms with Crippen molar-refractivity contribution in [3.8, 4) is 0 Å². The Kier molecular flexibility index (Phi) is 5.15. The van der Waals surface area contributed by atoms with Crippen molar-refractivity contribution in [2.45, 2.75) is 45.3 Å². The van der Waals surface area contributed by atoms with Gasteiger partial charge in [-0.15, -0.1) is 0 Å². The molecule has 0 spiro atoms. The van der Waals surface area contributed by atoms with Gasteiger partial charge in [0.05, 0.1) is 16.1 Å². The van der Waals surface area contributed by atoms with Crippen molar-refractivity contribution in [2.75, 3.05) is 6.61 Å². The maximum atomic E-state index is 11.9. The summed E-state index contributed by atoms with van der Waals surface area (Å²) < 4.78 is 10.9. The van der Waals surface area contributed by atoms with Gasteiger partial charge in [-0.1, -0.05) is 11.6 Å². The Hall–Kier alpha value is -2.21. The fourth-order valence-corrected chi connectivity index (χ4v) is 2.32. The average Bonchev–Trinajstić information content (AvgIpc) is 3.15. The minimum absolute atomic E-state index is 0.0566. The molecule has 2 rings (SSSR count). The minimum Gasteiger partial charge on any atom is -0.459 e. The molecule has 0 saturated carbocycles. The van der Waals surface area contributed by atoms with E-state index in [2.05, 4.69) is 19.9 Å². The topological polar surface area (TPSA) is 82.0 Å². The highest BCUT2D eigenvalue weighted by atomic mass is 16.6. The lowest BCUT2D eigenvalue weighted by Crippen LogP contribution is -2.17. The third-order valence-electron chi connectivity index (χ3n) is 3.91. The molecule has 1 fully saturated rings. The second-order valence-corrected chi connectivity index (χ2v) is 6.14. The number of carbonyl (C=O) groups excluding carboxylic acids is 1. The number of hydrogen-bond acceptors (Lipinski definition) is 5. The molecule has 1 aliphatic heterocycles. The molecule has 0 unspecified atom stereocenters. The highest BCUT2D eigenvalue weighted by Gasteiger charge is 2.52. The third-order valence-corrected chi connectivity index (χ3v) is 3.91. The molecule has 0 amide bonds. The number of nitrogens with zero attached hydrogens (tertiary/aromatic N) is 1. The summed E-state index contributed by atoms with van der Waals surface area (Å²) in [5, 5.41) is 10.6. The summed E-state index contributed by atoms with van der Waals surface area (Å²) in [7, 11) is 0. The molecule has 6 heteroatoms. The molecule has 0 N–H and O–H groups in total. The van der Waals surface area contributed by atoms with Crippen LogP contribution in [0, 0.1) is 10.1 Å². The van der Waals surface area contributed by atoms with Gasteiger partial charge in [0, 0.05) is 12.1 Å². The Morgan fingerprint density at radius 1 is 1.39 bits per heavy atom. The van der Waals surface area contributed by atoms with Crippen molar-refractivity contribution in [1.82, 2.24) is 0 Å². The lowest BCUT2D eigenvalue weighted by atomic mass is 10.0. The van der Waals surface area contributed by atoms with E-state index in [1.165, 1.54) is 29.8 Å². The molecular formula is C17H21NO5. The van der Waals surface area contributed by atoms with Crippen LogP contribution in [-0.2, 0) is 9.47 Å². The Morgan fingerprint density at radius 2 is 2.04 bits per heavy atom. The Balaban J connectivity index is 1.79. The predicted octanol–water partition coefficient (Wildman–Crippen LogP) is 3.66. The lowest BCUT2D eigenvalue weighted by molar-refractivity contribution is -0.384. The van der Waals surface area contributed by atoms with Gasteiger partial charge in [-0.25, -0.2) is 4.79 Å². The number of rotatable bonds is 7. The largest absolute Gasteiger partial charge is 0.459 e. The SMILES string of the molecule is CC(C)=CCC[C@]1(C)O[C@@H]1COC(=O)c1ccc([N+](=O)[O-])cc1. The number of allylic oxidation sites excluding steroid dienone is 2. The van der Waals surface area contributed by atoms with Crippen LogP contribution in [0.4, 0.5) is 5.69 Å². The summed E-state index contributed by atoms with van der Waals surface area (Å²) in [5.41, 5.74) is 1.28. The van der Waals surface area contributed by atoms with Gasteiger partial charge in [-0.3, -0.25) is 10.1 Å². The van der Waals surface area contributed by atoms with Gasteiger partial charge in [0.1, 0.15) is 12.7 Å². The van der Waals surface area contributed by atoms with Gasteiger partial charge < -0.3 is 9.47 Å². The highest BCUT2D eigenvalue weighted by molar-refractivity contribution is 5.89. The van der Waals surface area contributed by atoms with Gasteiger partial charge in [0.15, 0.2) is 0 Å². The van der Waals surface area contributed by atoms with Crippen LogP contribution in [0.15, 0.2) is 35.9 Å². The number of epoxide rings is 1.